The Bertz CT molecular complexity index is 1040. The van der Waals surface area contributed by atoms with Gasteiger partial charge >= 0.3 is 11.9 Å². The molecule has 2 aromatic rings. The lowest BCUT2D eigenvalue weighted by Crippen LogP contribution is -2.40. The molecule has 3 rings (SSSR count). The van der Waals surface area contributed by atoms with Gasteiger partial charge in [-0.05, 0) is 37.1 Å². The second-order valence-corrected chi connectivity index (χ2v) is 9.38. The fraction of sp³-hybridized carbons (Fsp3) is 0.368. The van der Waals surface area contributed by atoms with E-state index in [4.69, 9.17) is 32.4 Å². The Morgan fingerprint density at radius 2 is 1.90 bits per heavy atom. The lowest BCUT2D eigenvalue weighted by molar-refractivity contribution is -0.151. The Morgan fingerprint density at radius 1 is 1.20 bits per heavy atom. The van der Waals surface area contributed by atoms with Gasteiger partial charge in [-0.25, -0.2) is 13.2 Å². The van der Waals surface area contributed by atoms with E-state index in [-0.39, 0.29) is 40.4 Å². The summed E-state index contributed by atoms with van der Waals surface area (Å²) in [6, 6.07) is 5.77. The molecule has 0 N–H and O–H groups in total. The third kappa shape index (κ3) is 4.80. The molecule has 8 nitrogen and oxygen atoms in total. The third-order valence-electron chi connectivity index (χ3n) is 4.79. The SMILES string of the molecule is COC(=O)c1occc1COC(=O)C1CCN(S(=O)(=O)c2cc(Cl)ccc2Cl)CC1. The number of carbonyl (C=O) groups is 2. The third-order valence-corrected chi connectivity index (χ3v) is 7.40. The molecule has 1 fully saturated rings. The van der Waals surface area contributed by atoms with E-state index < -0.39 is 27.9 Å². The lowest BCUT2D eigenvalue weighted by atomic mass is 9.98. The molecule has 0 radical (unpaired) electrons. The molecule has 2 heterocycles. The zero-order chi connectivity index (χ0) is 21.9. The smallest absolute Gasteiger partial charge is 0.374 e. The standard InChI is InChI=1S/C19H19Cl2NO7S/c1-27-19(24)17-13(6-9-28-17)11-29-18(23)12-4-7-22(8-5-12)30(25,26)16-10-14(20)2-3-15(16)21/h2-3,6,9-10,12H,4-5,7-8,11H2,1H3. The Labute approximate surface area is 183 Å². The molecule has 11 heteroatoms. The van der Waals surface area contributed by atoms with Crippen LogP contribution in [0.15, 0.2) is 39.8 Å². The first-order valence-electron chi connectivity index (χ1n) is 9.00. The molecule has 0 bridgehead atoms. The summed E-state index contributed by atoms with van der Waals surface area (Å²) in [5, 5.41) is 0.351. The molecule has 162 valence electrons. The van der Waals surface area contributed by atoms with Crippen LogP contribution in [-0.4, -0.2) is 44.9 Å². The summed E-state index contributed by atoms with van der Waals surface area (Å²) < 4.78 is 41.9. The maximum atomic E-state index is 12.9. The van der Waals surface area contributed by atoms with Crippen LogP contribution in [0.2, 0.25) is 10.0 Å². The van der Waals surface area contributed by atoms with E-state index in [0.717, 1.165) is 0 Å². The first kappa shape index (κ1) is 22.6. The number of sulfonamides is 1. The Morgan fingerprint density at radius 3 is 2.57 bits per heavy atom. The Hall–Kier alpha value is -2.07. The molecule has 0 spiro atoms. The fourth-order valence-corrected chi connectivity index (χ4v) is 5.34. The summed E-state index contributed by atoms with van der Waals surface area (Å²) in [6.45, 7) is 0.143. The number of methoxy groups -OCH3 is 1. The molecule has 0 unspecified atom stereocenters. The number of nitrogens with zero attached hydrogens (tertiary/aromatic N) is 1. The fourth-order valence-electron chi connectivity index (χ4n) is 3.13. The molecule has 1 aromatic heterocycles. The number of esters is 2. The molecule has 1 aliphatic heterocycles. The van der Waals surface area contributed by atoms with Gasteiger partial charge in [0.2, 0.25) is 15.8 Å². The van der Waals surface area contributed by atoms with Crippen LogP contribution in [0.4, 0.5) is 0 Å². The van der Waals surface area contributed by atoms with Crippen molar-refractivity contribution in [2.75, 3.05) is 20.2 Å². The van der Waals surface area contributed by atoms with E-state index in [1.807, 2.05) is 0 Å². The van der Waals surface area contributed by atoms with Gasteiger partial charge in [0.1, 0.15) is 11.5 Å². The number of halogens is 2. The number of furan rings is 1. The quantitative estimate of drug-likeness (QED) is 0.588. The largest absolute Gasteiger partial charge is 0.463 e. The number of benzene rings is 1. The van der Waals surface area contributed by atoms with Crippen LogP contribution in [0.25, 0.3) is 0 Å². The minimum atomic E-state index is -3.83. The molecule has 1 aromatic carbocycles. The van der Waals surface area contributed by atoms with Crippen LogP contribution in [0.3, 0.4) is 0 Å². The minimum absolute atomic E-state index is 0.0235. The van der Waals surface area contributed by atoms with Crippen molar-refractivity contribution in [3.8, 4) is 0 Å². The topological polar surface area (TPSA) is 103 Å². The van der Waals surface area contributed by atoms with Crippen LogP contribution in [0, 0.1) is 5.92 Å². The highest BCUT2D eigenvalue weighted by molar-refractivity contribution is 7.89. The van der Waals surface area contributed by atoms with Crippen molar-refractivity contribution in [1.82, 2.24) is 4.31 Å². The van der Waals surface area contributed by atoms with Gasteiger partial charge in [0.05, 0.1) is 24.3 Å². The van der Waals surface area contributed by atoms with E-state index >= 15 is 0 Å². The average Bonchev–Trinajstić information content (AvgIpc) is 3.21. The molecule has 0 amide bonds. The van der Waals surface area contributed by atoms with Crippen molar-refractivity contribution < 1.29 is 31.9 Å². The maximum absolute atomic E-state index is 12.9. The molecular formula is C19H19Cl2NO7S. The van der Waals surface area contributed by atoms with Crippen LogP contribution < -0.4 is 0 Å². The van der Waals surface area contributed by atoms with Crippen molar-refractivity contribution in [2.24, 2.45) is 5.92 Å². The molecular weight excluding hydrogens is 457 g/mol. The van der Waals surface area contributed by atoms with Crippen LogP contribution in [0.5, 0.6) is 0 Å². The molecule has 1 aliphatic rings. The molecule has 0 saturated carbocycles. The molecule has 1 saturated heterocycles. The van der Waals surface area contributed by atoms with Crippen molar-refractivity contribution in [3.05, 3.63) is 51.9 Å². The van der Waals surface area contributed by atoms with E-state index in [0.29, 0.717) is 18.4 Å². The molecule has 0 atom stereocenters. The van der Waals surface area contributed by atoms with Gasteiger partial charge in [-0.15, -0.1) is 0 Å². The van der Waals surface area contributed by atoms with Gasteiger partial charge in [-0.2, -0.15) is 4.31 Å². The van der Waals surface area contributed by atoms with E-state index in [2.05, 4.69) is 4.74 Å². The van der Waals surface area contributed by atoms with Crippen molar-refractivity contribution in [1.29, 1.82) is 0 Å². The van der Waals surface area contributed by atoms with Crippen molar-refractivity contribution >= 4 is 45.2 Å². The second kappa shape index (κ2) is 9.38. The Balaban J connectivity index is 1.59. The summed E-state index contributed by atoms with van der Waals surface area (Å²) in [5.74, 6) is -1.61. The monoisotopic (exact) mass is 475 g/mol. The number of hydrogen-bond acceptors (Lipinski definition) is 7. The van der Waals surface area contributed by atoms with Crippen LogP contribution in [-0.2, 0) is 30.9 Å². The highest BCUT2D eigenvalue weighted by Crippen LogP contribution is 2.30. The summed E-state index contributed by atoms with van der Waals surface area (Å²) in [4.78, 5) is 23.9. The number of hydrogen-bond donors (Lipinski definition) is 0. The summed E-state index contributed by atoms with van der Waals surface area (Å²) >= 11 is 11.9. The second-order valence-electron chi connectivity index (χ2n) is 6.63. The van der Waals surface area contributed by atoms with Gasteiger partial charge in [0.25, 0.3) is 0 Å². The average molecular weight is 476 g/mol. The summed E-state index contributed by atoms with van der Waals surface area (Å²) in [5.41, 5.74) is 0.394. The number of ether oxygens (including phenoxy) is 2. The first-order chi connectivity index (χ1) is 14.2. The van der Waals surface area contributed by atoms with Crippen LogP contribution >= 0.6 is 23.2 Å². The highest BCUT2D eigenvalue weighted by atomic mass is 35.5. The highest BCUT2D eigenvalue weighted by Gasteiger charge is 2.34. The number of rotatable bonds is 6. The zero-order valence-corrected chi connectivity index (χ0v) is 18.3. The molecule has 0 aliphatic carbocycles. The van der Waals surface area contributed by atoms with Gasteiger partial charge < -0.3 is 13.9 Å². The molecule has 30 heavy (non-hydrogen) atoms. The van der Waals surface area contributed by atoms with Crippen molar-refractivity contribution in [2.45, 2.75) is 24.3 Å². The van der Waals surface area contributed by atoms with E-state index in [1.165, 1.54) is 41.9 Å². The maximum Gasteiger partial charge on any atom is 0.374 e. The van der Waals surface area contributed by atoms with Crippen LogP contribution in [0.1, 0.15) is 29.0 Å². The van der Waals surface area contributed by atoms with Gasteiger partial charge in [-0.1, -0.05) is 23.2 Å². The zero-order valence-electron chi connectivity index (χ0n) is 16.0. The van der Waals surface area contributed by atoms with Gasteiger partial charge in [0.15, 0.2) is 0 Å². The van der Waals surface area contributed by atoms with Gasteiger partial charge in [-0.3, -0.25) is 4.79 Å². The predicted molar refractivity (Wildman–Crippen MR) is 108 cm³/mol. The summed E-state index contributed by atoms with van der Waals surface area (Å²) in [6.07, 6.45) is 1.90. The van der Waals surface area contributed by atoms with E-state index in [1.54, 1.807) is 0 Å². The normalized spacial score (nSPS) is 15.7. The Kier molecular flexibility index (Phi) is 7.07. The van der Waals surface area contributed by atoms with E-state index in [9.17, 15) is 18.0 Å². The van der Waals surface area contributed by atoms with Gasteiger partial charge in [0, 0.05) is 23.7 Å². The van der Waals surface area contributed by atoms with Crippen molar-refractivity contribution in [3.63, 3.8) is 0 Å². The lowest BCUT2D eigenvalue weighted by Gasteiger charge is -2.30. The predicted octanol–water partition coefficient (Wildman–Crippen LogP) is 3.52. The first-order valence-corrected chi connectivity index (χ1v) is 11.2. The summed E-state index contributed by atoms with van der Waals surface area (Å²) in [7, 11) is -2.61. The minimum Gasteiger partial charge on any atom is -0.463 e. The number of piperidine rings is 1. The number of carbonyl (C=O) groups excluding carboxylic acids is 2.